The number of nitrogens with zero attached hydrogens (tertiary/aromatic N) is 1. The highest BCUT2D eigenvalue weighted by molar-refractivity contribution is 6.33. The Morgan fingerprint density at radius 1 is 1.31 bits per heavy atom. The van der Waals surface area contributed by atoms with Gasteiger partial charge in [-0.2, -0.15) is 13.2 Å². The van der Waals surface area contributed by atoms with Gasteiger partial charge in [0.25, 0.3) is 0 Å². The highest BCUT2D eigenvalue weighted by Gasteiger charge is 2.34. The molecule has 1 heterocycles. The van der Waals surface area contributed by atoms with Crippen LogP contribution in [0.4, 0.5) is 18.9 Å². The Balaban J connectivity index is 2.44. The zero-order valence-electron chi connectivity index (χ0n) is 13.9. The van der Waals surface area contributed by atoms with Gasteiger partial charge < -0.3 is 14.8 Å². The molecule has 1 aromatic heterocycles. The van der Waals surface area contributed by atoms with Crippen LogP contribution in [0.2, 0.25) is 5.02 Å². The Bertz CT molecular complexity index is 784. The number of carbonyl (C=O) groups is 1. The maximum atomic E-state index is 13.0. The maximum absolute atomic E-state index is 13.0. The predicted octanol–water partition coefficient (Wildman–Crippen LogP) is 4.37. The quantitative estimate of drug-likeness (QED) is 0.713. The number of benzene rings is 1. The van der Waals surface area contributed by atoms with Crippen LogP contribution < -0.4 is 10.1 Å². The van der Waals surface area contributed by atoms with E-state index in [0.29, 0.717) is 17.5 Å². The second-order valence-corrected chi connectivity index (χ2v) is 5.73. The molecule has 0 saturated heterocycles. The van der Waals surface area contributed by atoms with E-state index in [0.717, 1.165) is 12.3 Å². The Morgan fingerprint density at radius 3 is 2.58 bits per heavy atom. The zero-order valence-corrected chi connectivity index (χ0v) is 14.7. The molecule has 0 spiro atoms. The molecule has 0 aliphatic rings. The Morgan fingerprint density at radius 2 is 2.04 bits per heavy atom. The van der Waals surface area contributed by atoms with Crippen LogP contribution in [0.1, 0.15) is 27.7 Å². The molecule has 0 radical (unpaired) electrons. The number of aromatic nitrogens is 1. The number of hydrogen-bond acceptors (Lipinski definition) is 5. The number of ether oxygens (including phenoxy) is 2. The summed E-state index contributed by atoms with van der Waals surface area (Å²) in [4.78, 5) is 14.2. The number of alkyl halides is 3. The fraction of sp³-hybridized carbons (Fsp3) is 0.294. The molecule has 2 rings (SSSR count). The van der Waals surface area contributed by atoms with Gasteiger partial charge in [0.1, 0.15) is 17.7 Å². The lowest BCUT2D eigenvalue weighted by Gasteiger charge is -2.23. The predicted molar refractivity (Wildman–Crippen MR) is 90.9 cm³/mol. The van der Waals surface area contributed by atoms with Crippen LogP contribution >= 0.6 is 11.6 Å². The first-order valence-corrected chi connectivity index (χ1v) is 7.79. The number of aldehydes is 1. The number of hydrogen-bond donors (Lipinski definition) is 1. The second kappa shape index (κ2) is 8.37. The van der Waals surface area contributed by atoms with E-state index in [4.69, 9.17) is 21.1 Å². The lowest BCUT2D eigenvalue weighted by Crippen LogP contribution is -2.19. The van der Waals surface area contributed by atoms with Gasteiger partial charge in [-0.15, -0.1) is 0 Å². The van der Waals surface area contributed by atoms with E-state index in [-0.39, 0.29) is 22.9 Å². The summed E-state index contributed by atoms with van der Waals surface area (Å²) in [6.07, 6.45) is -2.94. The SMILES string of the molecule is COCC(Nc1ccc(C=O)cc1Cl)c1cc(C(F)(F)F)ncc1OC. The Kier molecular flexibility index (Phi) is 6.44. The number of halogens is 4. The molecule has 5 nitrogen and oxygen atoms in total. The third-order valence-electron chi connectivity index (χ3n) is 3.58. The number of methoxy groups -OCH3 is 2. The minimum Gasteiger partial charge on any atom is -0.495 e. The standard InChI is InChI=1S/C17H16ClF3N2O3/c1-25-9-14(23-13-4-3-10(8-24)5-12(13)18)11-6-16(17(19,20)21)22-7-15(11)26-2/h3-8,14,23H,9H2,1-2H3. The first kappa shape index (κ1) is 20.0. The normalized spacial score (nSPS) is 12.5. The first-order valence-electron chi connectivity index (χ1n) is 7.41. The van der Waals surface area contributed by atoms with Gasteiger partial charge in [0.05, 0.1) is 36.7 Å². The summed E-state index contributed by atoms with van der Waals surface area (Å²) in [5.41, 5.74) is -0.0118. The molecular weight excluding hydrogens is 373 g/mol. The summed E-state index contributed by atoms with van der Waals surface area (Å²) in [6, 6.07) is 4.76. The van der Waals surface area contributed by atoms with Crippen LogP contribution in [-0.4, -0.2) is 32.1 Å². The van der Waals surface area contributed by atoms with Crippen molar-refractivity contribution in [2.45, 2.75) is 12.2 Å². The first-order chi connectivity index (χ1) is 12.3. The minimum absolute atomic E-state index is 0.0451. The van der Waals surface area contributed by atoms with Crippen molar-refractivity contribution in [2.75, 3.05) is 26.1 Å². The Hall–Kier alpha value is -2.32. The molecule has 1 atom stereocenters. The van der Waals surface area contributed by atoms with Crippen molar-refractivity contribution in [1.82, 2.24) is 4.98 Å². The molecule has 140 valence electrons. The molecule has 0 fully saturated rings. The summed E-state index contributed by atoms with van der Waals surface area (Å²) in [5.74, 6) is 0.174. The molecule has 1 aromatic carbocycles. The average molecular weight is 389 g/mol. The maximum Gasteiger partial charge on any atom is 0.433 e. The molecule has 0 aliphatic carbocycles. The molecule has 2 aromatic rings. The van der Waals surface area contributed by atoms with Crippen molar-refractivity contribution < 1.29 is 27.4 Å². The molecule has 9 heteroatoms. The fourth-order valence-electron chi connectivity index (χ4n) is 2.34. The van der Waals surface area contributed by atoms with Gasteiger partial charge in [0, 0.05) is 18.2 Å². The van der Waals surface area contributed by atoms with Crippen LogP contribution in [-0.2, 0) is 10.9 Å². The van der Waals surface area contributed by atoms with Crippen molar-refractivity contribution in [1.29, 1.82) is 0 Å². The van der Waals surface area contributed by atoms with Gasteiger partial charge in [-0.25, -0.2) is 4.98 Å². The molecule has 1 N–H and O–H groups in total. The summed E-state index contributed by atoms with van der Waals surface area (Å²) in [7, 11) is 2.76. The molecule has 0 bridgehead atoms. The summed E-state index contributed by atoms with van der Waals surface area (Å²) in [6.45, 7) is 0.0451. The number of anilines is 1. The monoisotopic (exact) mass is 388 g/mol. The van der Waals surface area contributed by atoms with Crippen LogP contribution in [0.15, 0.2) is 30.5 Å². The minimum atomic E-state index is -4.60. The third kappa shape index (κ3) is 4.64. The summed E-state index contributed by atoms with van der Waals surface area (Å²) < 4.78 is 49.3. The molecule has 1 unspecified atom stereocenters. The van der Waals surface area contributed by atoms with Crippen molar-refractivity contribution in [3.63, 3.8) is 0 Å². The van der Waals surface area contributed by atoms with Gasteiger partial charge in [-0.3, -0.25) is 4.79 Å². The molecule has 0 amide bonds. The van der Waals surface area contributed by atoms with Crippen LogP contribution in [0.5, 0.6) is 5.75 Å². The Labute approximate surface area is 153 Å². The zero-order chi connectivity index (χ0) is 19.3. The van der Waals surface area contributed by atoms with Crippen molar-refractivity contribution in [2.24, 2.45) is 0 Å². The lowest BCUT2D eigenvalue weighted by atomic mass is 10.1. The number of rotatable bonds is 7. The van der Waals surface area contributed by atoms with E-state index in [2.05, 4.69) is 10.3 Å². The lowest BCUT2D eigenvalue weighted by molar-refractivity contribution is -0.141. The summed E-state index contributed by atoms with van der Waals surface area (Å²) >= 11 is 6.13. The molecular formula is C17H16ClF3N2O3. The highest BCUT2D eigenvalue weighted by Crippen LogP contribution is 2.35. The van der Waals surface area contributed by atoms with E-state index in [1.54, 1.807) is 6.07 Å². The van der Waals surface area contributed by atoms with Gasteiger partial charge in [0.15, 0.2) is 0 Å². The van der Waals surface area contributed by atoms with Gasteiger partial charge in [-0.1, -0.05) is 11.6 Å². The molecule has 26 heavy (non-hydrogen) atoms. The van der Waals surface area contributed by atoms with Crippen LogP contribution in [0, 0.1) is 0 Å². The third-order valence-corrected chi connectivity index (χ3v) is 3.89. The van der Waals surface area contributed by atoms with Crippen LogP contribution in [0.3, 0.4) is 0 Å². The van der Waals surface area contributed by atoms with Crippen molar-refractivity contribution in [3.05, 3.63) is 52.3 Å². The largest absolute Gasteiger partial charge is 0.495 e. The van der Waals surface area contributed by atoms with Gasteiger partial charge >= 0.3 is 6.18 Å². The summed E-state index contributed by atoms with van der Waals surface area (Å²) in [5, 5.41) is 3.27. The topological polar surface area (TPSA) is 60.5 Å². The van der Waals surface area contributed by atoms with E-state index in [1.165, 1.54) is 26.4 Å². The second-order valence-electron chi connectivity index (χ2n) is 5.32. The van der Waals surface area contributed by atoms with Gasteiger partial charge in [0.2, 0.25) is 0 Å². The van der Waals surface area contributed by atoms with E-state index < -0.39 is 17.9 Å². The van der Waals surface area contributed by atoms with Crippen LogP contribution in [0.25, 0.3) is 0 Å². The van der Waals surface area contributed by atoms with E-state index in [9.17, 15) is 18.0 Å². The highest BCUT2D eigenvalue weighted by atomic mass is 35.5. The molecule has 0 saturated carbocycles. The number of carbonyl (C=O) groups excluding carboxylic acids is 1. The van der Waals surface area contributed by atoms with Crippen molar-refractivity contribution >= 4 is 23.6 Å². The van der Waals surface area contributed by atoms with E-state index in [1.807, 2.05) is 0 Å². The average Bonchev–Trinajstić information content (AvgIpc) is 2.61. The van der Waals surface area contributed by atoms with E-state index >= 15 is 0 Å². The van der Waals surface area contributed by atoms with Gasteiger partial charge in [-0.05, 0) is 24.3 Å². The van der Waals surface area contributed by atoms with Crippen molar-refractivity contribution in [3.8, 4) is 5.75 Å². The fourth-order valence-corrected chi connectivity index (χ4v) is 2.59. The number of pyridine rings is 1. The molecule has 0 aliphatic heterocycles. The number of nitrogens with one attached hydrogen (secondary N) is 1. The smallest absolute Gasteiger partial charge is 0.433 e.